The molecular formula is C10H17Cl2N3O2. The molecule has 0 spiro atoms. The molecule has 1 aromatic rings. The molecule has 3 N–H and O–H groups in total. The van der Waals surface area contributed by atoms with Crippen molar-refractivity contribution in [3.8, 4) is 0 Å². The first-order valence-electron chi connectivity index (χ1n) is 5.17. The highest BCUT2D eigenvalue weighted by atomic mass is 35.5. The van der Waals surface area contributed by atoms with Crippen LogP contribution < -0.4 is 5.73 Å². The number of H-pyrrole nitrogens is 1. The molecular weight excluding hydrogens is 265 g/mol. The van der Waals surface area contributed by atoms with Crippen molar-refractivity contribution in [2.24, 2.45) is 5.73 Å². The lowest BCUT2D eigenvalue weighted by atomic mass is 9.77. The maximum atomic E-state index is 11.4. The molecule has 0 unspecified atom stereocenters. The van der Waals surface area contributed by atoms with Crippen molar-refractivity contribution in [3.05, 3.63) is 17.7 Å². The van der Waals surface area contributed by atoms with E-state index in [1.165, 1.54) is 6.20 Å². The maximum absolute atomic E-state index is 11.4. The highest BCUT2D eigenvalue weighted by molar-refractivity contribution is 5.87. The van der Waals surface area contributed by atoms with Gasteiger partial charge in [0.2, 0.25) is 0 Å². The van der Waals surface area contributed by atoms with E-state index in [2.05, 4.69) is 9.97 Å². The average molecular weight is 282 g/mol. The summed E-state index contributed by atoms with van der Waals surface area (Å²) in [5, 5.41) is 0. The van der Waals surface area contributed by atoms with Crippen molar-refractivity contribution in [3.63, 3.8) is 0 Å². The Morgan fingerprint density at radius 3 is 2.71 bits per heavy atom. The number of hydrogen-bond donors (Lipinski definition) is 2. The molecule has 0 bridgehead atoms. The first kappa shape index (κ1) is 16.2. The van der Waals surface area contributed by atoms with Gasteiger partial charge in [-0.1, -0.05) is 0 Å². The van der Waals surface area contributed by atoms with Crippen LogP contribution >= 0.6 is 24.8 Å². The van der Waals surface area contributed by atoms with E-state index in [0.29, 0.717) is 18.1 Å². The third kappa shape index (κ3) is 3.12. The van der Waals surface area contributed by atoms with E-state index in [4.69, 9.17) is 10.5 Å². The number of halogens is 2. The Morgan fingerprint density at radius 1 is 1.59 bits per heavy atom. The van der Waals surface area contributed by atoms with Crippen molar-refractivity contribution < 1.29 is 9.53 Å². The van der Waals surface area contributed by atoms with Gasteiger partial charge in [-0.2, -0.15) is 0 Å². The van der Waals surface area contributed by atoms with Crippen molar-refractivity contribution in [1.82, 2.24) is 9.97 Å². The van der Waals surface area contributed by atoms with Gasteiger partial charge in [-0.15, -0.1) is 24.8 Å². The fraction of sp³-hybridized carbons (Fsp3) is 0.600. The van der Waals surface area contributed by atoms with Crippen LogP contribution in [0.3, 0.4) is 0 Å². The van der Waals surface area contributed by atoms with E-state index >= 15 is 0 Å². The summed E-state index contributed by atoms with van der Waals surface area (Å²) in [6, 6.07) is 0. The van der Waals surface area contributed by atoms with Crippen LogP contribution in [0.15, 0.2) is 6.20 Å². The van der Waals surface area contributed by atoms with E-state index in [9.17, 15) is 4.79 Å². The van der Waals surface area contributed by atoms with E-state index in [1.54, 1.807) is 6.92 Å². The zero-order valence-corrected chi connectivity index (χ0v) is 11.2. The molecule has 7 heteroatoms. The van der Waals surface area contributed by atoms with Gasteiger partial charge in [0.1, 0.15) is 11.5 Å². The molecule has 5 nitrogen and oxygen atoms in total. The second-order valence-corrected chi connectivity index (χ2v) is 3.88. The van der Waals surface area contributed by atoms with Crippen LogP contribution in [0.2, 0.25) is 0 Å². The largest absolute Gasteiger partial charge is 0.461 e. The van der Waals surface area contributed by atoms with Crippen LogP contribution in [0.5, 0.6) is 0 Å². The van der Waals surface area contributed by atoms with Crippen LogP contribution in [0.4, 0.5) is 0 Å². The molecule has 1 heterocycles. The Labute approximate surface area is 112 Å². The van der Waals surface area contributed by atoms with E-state index in [-0.39, 0.29) is 36.3 Å². The van der Waals surface area contributed by atoms with Crippen molar-refractivity contribution in [1.29, 1.82) is 0 Å². The van der Waals surface area contributed by atoms with Crippen LogP contribution in [0.1, 0.15) is 42.5 Å². The van der Waals surface area contributed by atoms with Gasteiger partial charge in [-0.05, 0) is 26.2 Å². The minimum absolute atomic E-state index is 0. The molecule has 17 heavy (non-hydrogen) atoms. The quantitative estimate of drug-likeness (QED) is 0.828. The number of esters is 1. The number of aromatic amines is 1. The maximum Gasteiger partial charge on any atom is 0.356 e. The fourth-order valence-corrected chi connectivity index (χ4v) is 1.68. The van der Waals surface area contributed by atoms with E-state index in [0.717, 1.165) is 19.3 Å². The third-order valence-electron chi connectivity index (χ3n) is 2.79. The zero-order chi connectivity index (χ0) is 10.9. The summed E-state index contributed by atoms with van der Waals surface area (Å²) in [5.41, 5.74) is 6.09. The summed E-state index contributed by atoms with van der Waals surface area (Å²) in [4.78, 5) is 18.4. The van der Waals surface area contributed by atoms with Gasteiger partial charge in [-0.25, -0.2) is 9.78 Å². The molecule has 1 fully saturated rings. The second-order valence-electron chi connectivity index (χ2n) is 3.88. The van der Waals surface area contributed by atoms with E-state index < -0.39 is 0 Å². The third-order valence-corrected chi connectivity index (χ3v) is 2.79. The number of nitrogens with zero attached hydrogens (tertiary/aromatic N) is 1. The van der Waals surface area contributed by atoms with Crippen LogP contribution in [0.25, 0.3) is 0 Å². The summed E-state index contributed by atoms with van der Waals surface area (Å²) in [5.74, 6) is 0.316. The second kappa shape index (κ2) is 6.23. The minimum Gasteiger partial charge on any atom is -0.461 e. The van der Waals surface area contributed by atoms with Gasteiger partial charge in [0, 0.05) is 0 Å². The lowest BCUT2D eigenvalue weighted by molar-refractivity contribution is 0.0519. The van der Waals surface area contributed by atoms with Gasteiger partial charge in [0.25, 0.3) is 0 Å². The minimum atomic E-state index is -0.376. The predicted octanol–water partition coefficient (Wildman–Crippen LogP) is 1.77. The van der Waals surface area contributed by atoms with E-state index in [1.807, 2.05) is 0 Å². The predicted molar refractivity (Wildman–Crippen MR) is 68.8 cm³/mol. The number of aromatic nitrogens is 2. The highest BCUT2D eigenvalue weighted by Gasteiger charge is 2.37. The number of hydrogen-bond acceptors (Lipinski definition) is 4. The van der Waals surface area contributed by atoms with Crippen molar-refractivity contribution >= 4 is 30.8 Å². The smallest absolute Gasteiger partial charge is 0.356 e. The molecule has 1 saturated carbocycles. The molecule has 2 rings (SSSR count). The molecule has 0 atom stereocenters. The van der Waals surface area contributed by atoms with Gasteiger partial charge in [0.05, 0.1) is 18.3 Å². The molecule has 1 aromatic heterocycles. The number of nitrogens with two attached hydrogens (primary N) is 1. The Kier molecular flexibility index (Phi) is 5.95. The summed E-state index contributed by atoms with van der Waals surface area (Å²) < 4.78 is 4.85. The lowest BCUT2D eigenvalue weighted by Crippen LogP contribution is -2.44. The molecule has 98 valence electrons. The van der Waals surface area contributed by atoms with Crippen LogP contribution in [0, 0.1) is 0 Å². The van der Waals surface area contributed by atoms with Crippen molar-refractivity contribution in [2.75, 3.05) is 6.61 Å². The van der Waals surface area contributed by atoms with Crippen LogP contribution in [-0.2, 0) is 10.3 Å². The molecule has 0 aromatic carbocycles. The summed E-state index contributed by atoms with van der Waals surface area (Å²) >= 11 is 0. The summed E-state index contributed by atoms with van der Waals surface area (Å²) in [6.45, 7) is 2.13. The fourth-order valence-electron chi connectivity index (χ4n) is 1.68. The Balaban J connectivity index is 0.00000128. The normalized spacial score (nSPS) is 16.1. The Morgan fingerprint density at radius 2 is 2.24 bits per heavy atom. The Hall–Kier alpha value is -0.780. The number of carbonyl (C=O) groups is 1. The number of ether oxygens (including phenoxy) is 1. The topological polar surface area (TPSA) is 81.0 Å². The first-order valence-corrected chi connectivity index (χ1v) is 5.17. The summed E-state index contributed by atoms with van der Waals surface area (Å²) in [6.07, 6.45) is 4.44. The highest BCUT2D eigenvalue weighted by Crippen LogP contribution is 2.36. The van der Waals surface area contributed by atoms with Gasteiger partial charge in [-0.3, -0.25) is 0 Å². The number of rotatable bonds is 3. The number of imidazole rings is 1. The Bertz CT molecular complexity index is 377. The molecule has 0 saturated heterocycles. The van der Waals surface area contributed by atoms with Crippen LogP contribution in [-0.4, -0.2) is 22.5 Å². The monoisotopic (exact) mass is 281 g/mol. The molecule has 1 aliphatic carbocycles. The van der Waals surface area contributed by atoms with Gasteiger partial charge >= 0.3 is 5.97 Å². The lowest BCUT2D eigenvalue weighted by Gasteiger charge is -2.35. The number of nitrogens with one attached hydrogen (secondary N) is 1. The standard InChI is InChI=1S/C10H15N3O2.2ClH/c1-2-15-8(14)7-6-12-9(13-7)10(11)4-3-5-10;;/h6H,2-5,11H2,1H3,(H,12,13);2*1H. The number of carbonyl (C=O) groups excluding carboxylic acids is 1. The van der Waals surface area contributed by atoms with Gasteiger partial charge in [0.15, 0.2) is 0 Å². The molecule has 1 aliphatic rings. The SMILES string of the molecule is CCOC(=O)c1cnc(C2(N)CCC2)[nH]1.Cl.Cl. The molecule has 0 aliphatic heterocycles. The molecule has 0 amide bonds. The van der Waals surface area contributed by atoms with Gasteiger partial charge < -0.3 is 15.5 Å². The van der Waals surface area contributed by atoms with Crippen molar-refractivity contribution in [2.45, 2.75) is 31.7 Å². The molecule has 0 radical (unpaired) electrons. The first-order chi connectivity index (χ1) is 7.15. The zero-order valence-electron chi connectivity index (χ0n) is 9.56. The average Bonchev–Trinajstić information content (AvgIpc) is 2.63. The summed E-state index contributed by atoms with van der Waals surface area (Å²) in [7, 11) is 0.